The first-order valence-corrected chi connectivity index (χ1v) is 4.65. The van der Waals surface area contributed by atoms with Crippen molar-refractivity contribution in [1.82, 2.24) is 0 Å². The van der Waals surface area contributed by atoms with Crippen LogP contribution in [0.1, 0.15) is 38.5 Å². The Kier molecular flexibility index (Phi) is 2.17. The number of allylic oxidation sites excluding steroid dienone is 3. The van der Waals surface area contributed by atoms with Crippen LogP contribution in [0.3, 0.4) is 0 Å². The first kappa shape index (κ1) is 7.87. The summed E-state index contributed by atoms with van der Waals surface area (Å²) in [5, 5.41) is 0. The SMILES string of the molecule is NOC1=CCC2=C(CCCC2)C1. The Hall–Kier alpha value is -0.760. The van der Waals surface area contributed by atoms with Crippen molar-refractivity contribution in [2.24, 2.45) is 5.90 Å². The minimum atomic E-state index is 0.954. The normalized spacial score (nSPS) is 23.2. The third-order valence-corrected chi connectivity index (χ3v) is 2.82. The fraction of sp³-hybridized carbons (Fsp3) is 0.600. The van der Waals surface area contributed by atoms with Gasteiger partial charge in [0.1, 0.15) is 5.76 Å². The highest BCUT2D eigenvalue weighted by Crippen LogP contribution is 2.34. The number of nitrogens with two attached hydrogens (primary N) is 1. The van der Waals surface area contributed by atoms with Gasteiger partial charge < -0.3 is 4.84 Å². The van der Waals surface area contributed by atoms with Crippen molar-refractivity contribution in [3.05, 3.63) is 23.0 Å². The topological polar surface area (TPSA) is 35.2 Å². The molecule has 0 spiro atoms. The minimum absolute atomic E-state index is 0.954. The first-order valence-electron chi connectivity index (χ1n) is 4.65. The molecule has 0 saturated carbocycles. The Balaban J connectivity index is 2.09. The largest absolute Gasteiger partial charge is 0.416 e. The summed E-state index contributed by atoms with van der Waals surface area (Å²) in [5.41, 5.74) is 3.23. The lowest BCUT2D eigenvalue weighted by molar-refractivity contribution is 0.210. The lowest BCUT2D eigenvalue weighted by Gasteiger charge is -2.23. The van der Waals surface area contributed by atoms with Crippen LogP contribution in [0.4, 0.5) is 0 Å². The zero-order valence-corrected chi connectivity index (χ0v) is 7.31. The molecule has 0 amide bonds. The lowest BCUT2D eigenvalue weighted by atomic mass is 9.85. The molecule has 2 aliphatic rings. The Morgan fingerprint density at radius 1 is 1.17 bits per heavy atom. The molecule has 0 aromatic rings. The van der Waals surface area contributed by atoms with E-state index in [-0.39, 0.29) is 0 Å². The van der Waals surface area contributed by atoms with E-state index in [9.17, 15) is 0 Å². The summed E-state index contributed by atoms with van der Waals surface area (Å²) >= 11 is 0. The quantitative estimate of drug-likeness (QED) is 0.478. The van der Waals surface area contributed by atoms with Gasteiger partial charge in [-0.1, -0.05) is 11.1 Å². The Morgan fingerprint density at radius 2 is 1.92 bits per heavy atom. The van der Waals surface area contributed by atoms with Gasteiger partial charge in [0.15, 0.2) is 0 Å². The van der Waals surface area contributed by atoms with Crippen LogP contribution < -0.4 is 5.90 Å². The molecule has 0 aromatic carbocycles. The Bertz CT molecular complexity index is 240. The van der Waals surface area contributed by atoms with Crippen molar-refractivity contribution in [2.45, 2.75) is 38.5 Å². The highest BCUT2D eigenvalue weighted by molar-refractivity contribution is 5.28. The van der Waals surface area contributed by atoms with E-state index < -0.39 is 0 Å². The molecule has 2 heteroatoms. The fourth-order valence-corrected chi connectivity index (χ4v) is 2.10. The molecule has 0 atom stereocenters. The maximum atomic E-state index is 5.13. The van der Waals surface area contributed by atoms with Crippen molar-refractivity contribution in [3.63, 3.8) is 0 Å². The van der Waals surface area contributed by atoms with E-state index in [1.54, 1.807) is 11.1 Å². The molecule has 66 valence electrons. The van der Waals surface area contributed by atoms with Gasteiger partial charge in [-0.2, -0.15) is 5.90 Å². The minimum Gasteiger partial charge on any atom is -0.416 e. The van der Waals surface area contributed by atoms with Gasteiger partial charge >= 0.3 is 0 Å². The van der Waals surface area contributed by atoms with E-state index >= 15 is 0 Å². The van der Waals surface area contributed by atoms with Crippen molar-refractivity contribution >= 4 is 0 Å². The van der Waals surface area contributed by atoms with E-state index in [0.717, 1.165) is 18.6 Å². The van der Waals surface area contributed by atoms with Crippen LogP contribution in [-0.2, 0) is 4.84 Å². The molecule has 0 radical (unpaired) electrons. The van der Waals surface area contributed by atoms with Crippen molar-refractivity contribution in [3.8, 4) is 0 Å². The molecule has 2 nitrogen and oxygen atoms in total. The monoisotopic (exact) mass is 165 g/mol. The van der Waals surface area contributed by atoms with Gasteiger partial charge in [0, 0.05) is 6.42 Å². The summed E-state index contributed by atoms with van der Waals surface area (Å²) < 4.78 is 0. The molecule has 12 heavy (non-hydrogen) atoms. The predicted octanol–water partition coefficient (Wildman–Crippen LogP) is 2.43. The molecule has 0 aliphatic heterocycles. The summed E-state index contributed by atoms with van der Waals surface area (Å²) in [7, 11) is 0. The summed E-state index contributed by atoms with van der Waals surface area (Å²) in [4.78, 5) is 4.77. The Morgan fingerprint density at radius 3 is 2.67 bits per heavy atom. The van der Waals surface area contributed by atoms with E-state index in [4.69, 9.17) is 10.7 Å². The molecule has 0 fully saturated rings. The summed E-state index contributed by atoms with van der Waals surface area (Å²) in [5.74, 6) is 6.09. The maximum absolute atomic E-state index is 5.13. The molecule has 0 unspecified atom stereocenters. The van der Waals surface area contributed by atoms with Crippen LogP contribution in [0.2, 0.25) is 0 Å². The molecule has 0 heterocycles. The van der Waals surface area contributed by atoms with Gasteiger partial charge in [0.2, 0.25) is 0 Å². The van der Waals surface area contributed by atoms with Gasteiger partial charge in [-0.15, -0.1) is 0 Å². The fourth-order valence-electron chi connectivity index (χ4n) is 2.10. The molecule has 0 saturated heterocycles. The zero-order chi connectivity index (χ0) is 8.39. The number of rotatable bonds is 1. The van der Waals surface area contributed by atoms with Gasteiger partial charge in [-0.25, -0.2) is 0 Å². The summed E-state index contributed by atoms with van der Waals surface area (Å²) in [6.45, 7) is 0. The van der Waals surface area contributed by atoms with Gasteiger partial charge in [0.25, 0.3) is 0 Å². The molecule has 2 aliphatic carbocycles. The predicted molar refractivity (Wildman–Crippen MR) is 48.1 cm³/mol. The standard InChI is InChI=1S/C10H15NO/c11-12-10-6-5-8-3-1-2-4-9(8)7-10/h6H,1-5,7,11H2. The van der Waals surface area contributed by atoms with Crippen LogP contribution in [0, 0.1) is 0 Å². The third kappa shape index (κ3) is 1.39. The summed E-state index contributed by atoms with van der Waals surface area (Å²) in [6.07, 6.45) is 9.42. The second-order valence-corrected chi connectivity index (χ2v) is 3.58. The number of hydrogen-bond acceptors (Lipinski definition) is 2. The van der Waals surface area contributed by atoms with Crippen molar-refractivity contribution in [2.75, 3.05) is 0 Å². The van der Waals surface area contributed by atoms with Crippen LogP contribution in [-0.4, -0.2) is 0 Å². The lowest BCUT2D eigenvalue weighted by Crippen LogP contribution is -2.09. The molecule has 2 rings (SSSR count). The van der Waals surface area contributed by atoms with Crippen LogP contribution in [0.15, 0.2) is 23.0 Å². The van der Waals surface area contributed by atoms with Gasteiger partial charge in [0.05, 0.1) is 0 Å². The number of hydrogen-bond donors (Lipinski definition) is 1. The molecule has 0 aromatic heterocycles. The first-order chi connectivity index (χ1) is 5.90. The van der Waals surface area contributed by atoms with Crippen molar-refractivity contribution < 1.29 is 4.84 Å². The van der Waals surface area contributed by atoms with Crippen molar-refractivity contribution in [1.29, 1.82) is 0 Å². The maximum Gasteiger partial charge on any atom is 0.124 e. The molecular weight excluding hydrogens is 150 g/mol. The van der Waals surface area contributed by atoms with Gasteiger partial charge in [-0.05, 0) is 38.2 Å². The van der Waals surface area contributed by atoms with Crippen LogP contribution in [0.5, 0.6) is 0 Å². The Labute approximate surface area is 73.0 Å². The zero-order valence-electron chi connectivity index (χ0n) is 7.31. The molecular formula is C10H15NO. The second kappa shape index (κ2) is 3.31. The molecule has 0 bridgehead atoms. The highest BCUT2D eigenvalue weighted by atomic mass is 16.6. The van der Waals surface area contributed by atoms with E-state index in [1.165, 1.54) is 25.7 Å². The second-order valence-electron chi connectivity index (χ2n) is 3.58. The third-order valence-electron chi connectivity index (χ3n) is 2.82. The molecule has 2 N–H and O–H groups in total. The van der Waals surface area contributed by atoms with E-state index in [1.807, 2.05) is 0 Å². The van der Waals surface area contributed by atoms with Crippen LogP contribution in [0.25, 0.3) is 0 Å². The van der Waals surface area contributed by atoms with E-state index in [2.05, 4.69) is 6.08 Å². The summed E-state index contributed by atoms with van der Waals surface area (Å²) in [6, 6.07) is 0. The van der Waals surface area contributed by atoms with Crippen LogP contribution >= 0.6 is 0 Å². The average Bonchev–Trinajstić information content (AvgIpc) is 2.17. The van der Waals surface area contributed by atoms with E-state index in [0.29, 0.717) is 0 Å². The van der Waals surface area contributed by atoms with Gasteiger partial charge in [-0.3, -0.25) is 0 Å². The smallest absolute Gasteiger partial charge is 0.124 e. The average molecular weight is 165 g/mol. The highest BCUT2D eigenvalue weighted by Gasteiger charge is 2.17.